The van der Waals surface area contributed by atoms with Gasteiger partial charge in [0.2, 0.25) is 0 Å². The smallest absolute Gasteiger partial charge is 0.270 e. The molecule has 2 aromatic heterocycles. The van der Waals surface area contributed by atoms with E-state index in [1.54, 1.807) is 23.3 Å². The monoisotopic (exact) mass is 327 g/mol. The molecule has 0 saturated carbocycles. The Morgan fingerprint density at radius 1 is 1.39 bits per heavy atom. The number of para-hydroxylation sites is 1. The summed E-state index contributed by atoms with van der Waals surface area (Å²) in [6, 6.07) is 9.53. The quantitative estimate of drug-likeness (QED) is 0.708. The predicted octanol–water partition coefficient (Wildman–Crippen LogP) is 2.55. The van der Waals surface area contributed by atoms with Crippen LogP contribution in [0.2, 0.25) is 0 Å². The van der Waals surface area contributed by atoms with Crippen LogP contribution < -0.4 is 5.32 Å². The van der Waals surface area contributed by atoms with Crippen LogP contribution in [0.4, 0.5) is 0 Å². The van der Waals surface area contributed by atoms with Crippen molar-refractivity contribution in [3.8, 4) is 5.69 Å². The summed E-state index contributed by atoms with van der Waals surface area (Å²) in [5, 5.41) is 2.98. The van der Waals surface area contributed by atoms with Crippen LogP contribution in [0.1, 0.15) is 17.4 Å². The summed E-state index contributed by atoms with van der Waals surface area (Å²) in [4.78, 5) is 19.5. The SMILES string of the molecule is C[C@@H](Cn1ccnc1)NC(=O)c1c[nH]c(=S)n1-c1ccccc1. The average molecular weight is 327 g/mol. The van der Waals surface area contributed by atoms with Gasteiger partial charge in [-0.1, -0.05) is 18.2 Å². The van der Waals surface area contributed by atoms with Gasteiger partial charge in [0.25, 0.3) is 5.91 Å². The molecular formula is C16H17N5OS. The van der Waals surface area contributed by atoms with E-state index in [1.807, 2.05) is 48.0 Å². The van der Waals surface area contributed by atoms with Gasteiger partial charge < -0.3 is 14.9 Å². The molecule has 0 aliphatic carbocycles. The van der Waals surface area contributed by atoms with Crippen molar-refractivity contribution in [2.24, 2.45) is 0 Å². The van der Waals surface area contributed by atoms with Crippen LogP contribution >= 0.6 is 12.2 Å². The van der Waals surface area contributed by atoms with Crippen molar-refractivity contribution in [2.45, 2.75) is 19.5 Å². The fourth-order valence-electron chi connectivity index (χ4n) is 2.42. The fraction of sp³-hybridized carbons (Fsp3) is 0.188. The molecule has 1 amide bonds. The Balaban J connectivity index is 1.79. The number of hydrogen-bond donors (Lipinski definition) is 2. The van der Waals surface area contributed by atoms with E-state index in [0.29, 0.717) is 17.0 Å². The molecule has 3 aromatic rings. The first kappa shape index (κ1) is 15.2. The lowest BCUT2D eigenvalue weighted by Crippen LogP contribution is -2.36. The van der Waals surface area contributed by atoms with Crippen LogP contribution in [-0.2, 0) is 6.54 Å². The molecule has 118 valence electrons. The number of hydrogen-bond acceptors (Lipinski definition) is 3. The number of nitrogens with zero attached hydrogens (tertiary/aromatic N) is 3. The second kappa shape index (κ2) is 6.62. The molecule has 6 nitrogen and oxygen atoms in total. The molecule has 2 N–H and O–H groups in total. The molecule has 2 heterocycles. The summed E-state index contributed by atoms with van der Waals surface area (Å²) in [5.41, 5.74) is 1.34. The Kier molecular flexibility index (Phi) is 4.38. The lowest BCUT2D eigenvalue weighted by molar-refractivity contribution is 0.0929. The Bertz CT molecular complexity index is 835. The molecule has 0 spiro atoms. The summed E-state index contributed by atoms with van der Waals surface area (Å²) in [6.45, 7) is 2.61. The van der Waals surface area contributed by atoms with E-state index in [0.717, 1.165) is 5.69 Å². The normalized spacial score (nSPS) is 12.0. The lowest BCUT2D eigenvalue weighted by atomic mass is 10.3. The van der Waals surface area contributed by atoms with E-state index in [9.17, 15) is 4.79 Å². The summed E-state index contributed by atoms with van der Waals surface area (Å²) >= 11 is 5.30. The van der Waals surface area contributed by atoms with E-state index in [-0.39, 0.29) is 11.9 Å². The minimum atomic E-state index is -0.172. The third kappa shape index (κ3) is 3.40. The van der Waals surface area contributed by atoms with Crippen LogP contribution in [0.25, 0.3) is 5.69 Å². The highest BCUT2D eigenvalue weighted by Crippen LogP contribution is 2.12. The van der Waals surface area contributed by atoms with Gasteiger partial charge in [-0.3, -0.25) is 9.36 Å². The first-order valence-corrected chi connectivity index (χ1v) is 7.68. The maximum Gasteiger partial charge on any atom is 0.270 e. The van der Waals surface area contributed by atoms with Gasteiger partial charge in [-0.2, -0.15) is 0 Å². The number of benzene rings is 1. The minimum absolute atomic E-state index is 0.0376. The zero-order chi connectivity index (χ0) is 16.2. The van der Waals surface area contributed by atoms with Gasteiger partial charge in [0.15, 0.2) is 4.77 Å². The summed E-state index contributed by atoms with van der Waals surface area (Å²) in [7, 11) is 0. The summed E-state index contributed by atoms with van der Waals surface area (Å²) < 4.78 is 4.14. The molecule has 0 bridgehead atoms. The molecule has 1 aromatic carbocycles. The second-order valence-electron chi connectivity index (χ2n) is 5.28. The number of carbonyl (C=O) groups is 1. The summed E-state index contributed by atoms with van der Waals surface area (Å²) in [5.74, 6) is -0.172. The van der Waals surface area contributed by atoms with E-state index in [1.165, 1.54) is 0 Å². The molecule has 0 fully saturated rings. The number of amides is 1. The first-order valence-electron chi connectivity index (χ1n) is 7.27. The first-order chi connectivity index (χ1) is 11.1. The minimum Gasteiger partial charge on any atom is -0.346 e. The highest BCUT2D eigenvalue weighted by atomic mass is 32.1. The number of H-pyrrole nitrogens is 1. The Morgan fingerprint density at radius 3 is 2.87 bits per heavy atom. The Labute approximate surface area is 138 Å². The molecule has 0 aliphatic heterocycles. The predicted molar refractivity (Wildman–Crippen MR) is 90.1 cm³/mol. The lowest BCUT2D eigenvalue weighted by Gasteiger charge is -2.15. The fourth-order valence-corrected chi connectivity index (χ4v) is 2.69. The van der Waals surface area contributed by atoms with Crippen LogP contribution in [0.3, 0.4) is 0 Å². The molecule has 23 heavy (non-hydrogen) atoms. The third-order valence-corrected chi connectivity index (χ3v) is 3.75. The largest absolute Gasteiger partial charge is 0.346 e. The van der Waals surface area contributed by atoms with Gasteiger partial charge in [0, 0.05) is 36.9 Å². The van der Waals surface area contributed by atoms with E-state index in [4.69, 9.17) is 12.2 Å². The van der Waals surface area contributed by atoms with Gasteiger partial charge >= 0.3 is 0 Å². The van der Waals surface area contributed by atoms with Gasteiger partial charge in [-0.15, -0.1) is 0 Å². The van der Waals surface area contributed by atoms with Gasteiger partial charge in [0.05, 0.1) is 6.33 Å². The number of imidazole rings is 2. The molecular weight excluding hydrogens is 310 g/mol. The molecule has 0 saturated heterocycles. The van der Waals surface area contributed by atoms with Crippen molar-refractivity contribution in [2.75, 3.05) is 0 Å². The third-order valence-electron chi connectivity index (χ3n) is 3.44. The highest BCUT2D eigenvalue weighted by Gasteiger charge is 2.16. The zero-order valence-electron chi connectivity index (χ0n) is 12.6. The van der Waals surface area contributed by atoms with Crippen molar-refractivity contribution < 1.29 is 4.79 Å². The average Bonchev–Trinajstić information content (AvgIpc) is 3.17. The molecule has 3 rings (SSSR count). The van der Waals surface area contributed by atoms with Gasteiger partial charge in [-0.25, -0.2) is 4.98 Å². The van der Waals surface area contributed by atoms with Crippen molar-refractivity contribution in [3.05, 3.63) is 65.7 Å². The molecule has 0 radical (unpaired) electrons. The maximum absolute atomic E-state index is 12.6. The van der Waals surface area contributed by atoms with Crippen LogP contribution in [0.15, 0.2) is 55.2 Å². The van der Waals surface area contributed by atoms with Crippen LogP contribution in [-0.4, -0.2) is 31.1 Å². The topological polar surface area (TPSA) is 67.6 Å². The van der Waals surface area contributed by atoms with E-state index >= 15 is 0 Å². The number of aromatic nitrogens is 4. The standard InChI is InChI=1S/C16H17N5OS/c1-12(10-20-8-7-17-11-20)19-15(22)14-9-18-16(23)21(14)13-5-3-2-4-6-13/h2-9,11-12H,10H2,1H3,(H,18,23)(H,19,22)/t12-/m0/s1. The van der Waals surface area contributed by atoms with Crippen LogP contribution in [0, 0.1) is 4.77 Å². The highest BCUT2D eigenvalue weighted by molar-refractivity contribution is 7.71. The van der Waals surface area contributed by atoms with E-state index < -0.39 is 0 Å². The zero-order valence-corrected chi connectivity index (χ0v) is 13.5. The maximum atomic E-state index is 12.6. The van der Waals surface area contributed by atoms with Crippen molar-refractivity contribution in [1.29, 1.82) is 0 Å². The van der Waals surface area contributed by atoms with Gasteiger partial charge in [0.1, 0.15) is 5.69 Å². The Morgan fingerprint density at radius 2 is 2.17 bits per heavy atom. The van der Waals surface area contributed by atoms with Crippen molar-refractivity contribution in [3.63, 3.8) is 0 Å². The molecule has 1 atom stereocenters. The van der Waals surface area contributed by atoms with Crippen molar-refractivity contribution >= 4 is 18.1 Å². The summed E-state index contributed by atoms with van der Waals surface area (Å²) in [6.07, 6.45) is 6.94. The van der Waals surface area contributed by atoms with E-state index in [2.05, 4.69) is 15.3 Å². The number of nitrogens with one attached hydrogen (secondary N) is 2. The molecule has 0 unspecified atom stereocenters. The van der Waals surface area contributed by atoms with Gasteiger partial charge in [-0.05, 0) is 31.3 Å². The number of carbonyl (C=O) groups excluding carboxylic acids is 1. The van der Waals surface area contributed by atoms with Crippen LogP contribution in [0.5, 0.6) is 0 Å². The molecule has 0 aliphatic rings. The second-order valence-corrected chi connectivity index (χ2v) is 5.67. The number of aromatic amines is 1. The molecule has 7 heteroatoms. The Hall–Kier alpha value is -2.67. The number of rotatable bonds is 5. The van der Waals surface area contributed by atoms with Crippen molar-refractivity contribution in [1.82, 2.24) is 24.4 Å².